The maximum atomic E-state index is 13.0. The lowest BCUT2D eigenvalue weighted by atomic mass is 10.2. The van der Waals surface area contributed by atoms with Crippen LogP contribution < -0.4 is 4.74 Å². The molecule has 0 radical (unpaired) electrons. The highest BCUT2D eigenvalue weighted by atomic mass is 79.9. The van der Waals surface area contributed by atoms with E-state index in [-0.39, 0.29) is 5.82 Å². The number of aromatic nitrogens is 3. The molecular formula is C13H15BrFN3O. The van der Waals surface area contributed by atoms with Crippen molar-refractivity contribution in [3.8, 4) is 5.75 Å². The standard InChI is InChI=1S/C13H15BrFN3O/c1-9(2)6-18-13(16-8-17-18)7-19-12-4-3-10(15)5-11(12)14/h3-5,8-9H,6-7H2,1-2H3. The Morgan fingerprint density at radius 3 is 2.89 bits per heavy atom. The van der Waals surface area contributed by atoms with E-state index in [0.29, 0.717) is 22.7 Å². The van der Waals surface area contributed by atoms with Crippen molar-refractivity contribution >= 4 is 15.9 Å². The Kier molecular flexibility index (Phi) is 4.52. The number of rotatable bonds is 5. The van der Waals surface area contributed by atoms with Crippen molar-refractivity contribution in [2.75, 3.05) is 0 Å². The molecule has 0 bridgehead atoms. The summed E-state index contributed by atoms with van der Waals surface area (Å²) in [6, 6.07) is 4.32. The van der Waals surface area contributed by atoms with E-state index in [1.165, 1.54) is 18.5 Å². The Labute approximate surface area is 119 Å². The van der Waals surface area contributed by atoms with Crippen LogP contribution in [0.4, 0.5) is 4.39 Å². The number of halogens is 2. The quantitative estimate of drug-likeness (QED) is 0.844. The van der Waals surface area contributed by atoms with Crippen LogP contribution in [0.5, 0.6) is 5.75 Å². The summed E-state index contributed by atoms with van der Waals surface area (Å²) in [5.41, 5.74) is 0. The van der Waals surface area contributed by atoms with Gasteiger partial charge in [0.1, 0.15) is 24.5 Å². The van der Waals surface area contributed by atoms with Crippen LogP contribution in [0.15, 0.2) is 29.0 Å². The summed E-state index contributed by atoms with van der Waals surface area (Å²) in [5.74, 6) is 1.52. The van der Waals surface area contributed by atoms with Gasteiger partial charge in [-0.1, -0.05) is 13.8 Å². The molecule has 2 rings (SSSR count). The van der Waals surface area contributed by atoms with Crippen LogP contribution in [-0.4, -0.2) is 14.8 Å². The third-order valence-corrected chi connectivity index (χ3v) is 3.10. The van der Waals surface area contributed by atoms with Crippen LogP contribution in [0.2, 0.25) is 0 Å². The lowest BCUT2D eigenvalue weighted by Crippen LogP contribution is -2.12. The van der Waals surface area contributed by atoms with Gasteiger partial charge in [-0.25, -0.2) is 14.1 Å². The van der Waals surface area contributed by atoms with Gasteiger partial charge in [0.05, 0.1) is 4.47 Å². The van der Waals surface area contributed by atoms with Crippen molar-refractivity contribution in [1.82, 2.24) is 14.8 Å². The van der Waals surface area contributed by atoms with Crippen molar-refractivity contribution < 1.29 is 9.13 Å². The number of ether oxygens (including phenoxy) is 1. The second kappa shape index (κ2) is 6.14. The zero-order valence-corrected chi connectivity index (χ0v) is 12.4. The molecule has 0 spiro atoms. The van der Waals surface area contributed by atoms with Gasteiger partial charge in [-0.15, -0.1) is 0 Å². The Balaban J connectivity index is 2.04. The van der Waals surface area contributed by atoms with Gasteiger partial charge in [0, 0.05) is 6.54 Å². The lowest BCUT2D eigenvalue weighted by molar-refractivity contribution is 0.280. The molecule has 1 aromatic heterocycles. The molecule has 0 amide bonds. The van der Waals surface area contributed by atoms with E-state index in [0.717, 1.165) is 12.4 Å². The predicted molar refractivity (Wildman–Crippen MR) is 73.3 cm³/mol. The highest BCUT2D eigenvalue weighted by Crippen LogP contribution is 2.26. The van der Waals surface area contributed by atoms with Gasteiger partial charge >= 0.3 is 0 Å². The number of hydrogen-bond donors (Lipinski definition) is 0. The fraction of sp³-hybridized carbons (Fsp3) is 0.385. The number of hydrogen-bond acceptors (Lipinski definition) is 3. The summed E-state index contributed by atoms with van der Waals surface area (Å²) in [5, 5.41) is 4.16. The molecule has 19 heavy (non-hydrogen) atoms. The third-order valence-electron chi connectivity index (χ3n) is 2.48. The van der Waals surface area contributed by atoms with Crippen LogP contribution in [-0.2, 0) is 13.2 Å². The van der Waals surface area contributed by atoms with Gasteiger partial charge in [-0.2, -0.15) is 5.10 Å². The van der Waals surface area contributed by atoms with E-state index in [1.54, 1.807) is 6.07 Å². The summed E-state index contributed by atoms with van der Waals surface area (Å²) in [6.07, 6.45) is 1.51. The number of nitrogens with zero attached hydrogens (tertiary/aromatic N) is 3. The monoisotopic (exact) mass is 327 g/mol. The molecule has 0 N–H and O–H groups in total. The second-order valence-corrected chi connectivity index (χ2v) is 5.47. The summed E-state index contributed by atoms with van der Waals surface area (Å²) in [6.45, 7) is 5.33. The molecular weight excluding hydrogens is 313 g/mol. The van der Waals surface area contributed by atoms with Crippen molar-refractivity contribution in [2.24, 2.45) is 5.92 Å². The van der Waals surface area contributed by atoms with Gasteiger partial charge in [-0.3, -0.25) is 0 Å². The molecule has 0 unspecified atom stereocenters. The minimum Gasteiger partial charge on any atom is -0.484 e. The Morgan fingerprint density at radius 2 is 2.21 bits per heavy atom. The average molecular weight is 328 g/mol. The van der Waals surface area contributed by atoms with Crippen molar-refractivity contribution in [3.05, 3.63) is 40.6 Å². The normalized spacial score (nSPS) is 11.0. The molecule has 0 atom stereocenters. The summed E-state index contributed by atoms with van der Waals surface area (Å²) < 4.78 is 21.0. The lowest BCUT2D eigenvalue weighted by Gasteiger charge is -2.10. The van der Waals surface area contributed by atoms with Crippen LogP contribution in [0, 0.1) is 11.7 Å². The zero-order chi connectivity index (χ0) is 13.8. The molecule has 102 valence electrons. The minimum absolute atomic E-state index is 0.303. The average Bonchev–Trinajstić information content (AvgIpc) is 2.74. The molecule has 0 fully saturated rings. The molecule has 1 heterocycles. The SMILES string of the molecule is CC(C)Cn1ncnc1COc1ccc(F)cc1Br. The maximum absolute atomic E-state index is 13.0. The summed E-state index contributed by atoms with van der Waals surface area (Å²) in [7, 11) is 0. The largest absolute Gasteiger partial charge is 0.484 e. The summed E-state index contributed by atoms with van der Waals surface area (Å²) >= 11 is 3.26. The van der Waals surface area contributed by atoms with E-state index in [4.69, 9.17) is 4.74 Å². The molecule has 4 nitrogen and oxygen atoms in total. The van der Waals surface area contributed by atoms with E-state index >= 15 is 0 Å². The first-order valence-corrected chi connectivity index (χ1v) is 6.80. The maximum Gasteiger partial charge on any atom is 0.164 e. The van der Waals surface area contributed by atoms with Crippen molar-refractivity contribution in [1.29, 1.82) is 0 Å². The Hall–Kier alpha value is -1.43. The number of benzene rings is 1. The first-order chi connectivity index (χ1) is 9.06. The predicted octanol–water partition coefficient (Wildman–Crippen LogP) is 3.41. The minimum atomic E-state index is -0.304. The molecule has 0 saturated heterocycles. The molecule has 6 heteroatoms. The van der Waals surface area contributed by atoms with Gasteiger partial charge in [0.15, 0.2) is 5.82 Å². The highest BCUT2D eigenvalue weighted by Gasteiger charge is 2.08. The van der Waals surface area contributed by atoms with Crippen LogP contribution in [0.1, 0.15) is 19.7 Å². The molecule has 1 aromatic carbocycles. The topological polar surface area (TPSA) is 39.9 Å². The van der Waals surface area contributed by atoms with Gasteiger partial charge in [-0.05, 0) is 40.0 Å². The summed E-state index contributed by atoms with van der Waals surface area (Å²) in [4.78, 5) is 4.17. The van der Waals surface area contributed by atoms with Crippen LogP contribution >= 0.6 is 15.9 Å². The first-order valence-electron chi connectivity index (χ1n) is 6.01. The van der Waals surface area contributed by atoms with Gasteiger partial charge in [0.2, 0.25) is 0 Å². The van der Waals surface area contributed by atoms with Crippen molar-refractivity contribution in [2.45, 2.75) is 27.0 Å². The Morgan fingerprint density at radius 1 is 1.42 bits per heavy atom. The molecule has 0 saturated carbocycles. The van der Waals surface area contributed by atoms with Crippen LogP contribution in [0.3, 0.4) is 0 Å². The zero-order valence-electron chi connectivity index (χ0n) is 10.8. The Bertz CT molecular complexity index is 557. The van der Waals surface area contributed by atoms with E-state index < -0.39 is 0 Å². The van der Waals surface area contributed by atoms with E-state index in [1.807, 2.05) is 4.68 Å². The van der Waals surface area contributed by atoms with Gasteiger partial charge < -0.3 is 4.74 Å². The fourth-order valence-electron chi connectivity index (χ4n) is 1.63. The fourth-order valence-corrected chi connectivity index (χ4v) is 2.10. The first kappa shape index (κ1) is 14.0. The van der Waals surface area contributed by atoms with E-state index in [9.17, 15) is 4.39 Å². The molecule has 0 aliphatic carbocycles. The molecule has 2 aromatic rings. The second-order valence-electron chi connectivity index (χ2n) is 4.62. The van der Waals surface area contributed by atoms with Crippen LogP contribution in [0.25, 0.3) is 0 Å². The molecule has 0 aliphatic heterocycles. The van der Waals surface area contributed by atoms with Gasteiger partial charge in [0.25, 0.3) is 0 Å². The smallest absolute Gasteiger partial charge is 0.164 e. The van der Waals surface area contributed by atoms with E-state index in [2.05, 4.69) is 39.9 Å². The molecule has 0 aliphatic rings. The third kappa shape index (κ3) is 3.76. The highest BCUT2D eigenvalue weighted by molar-refractivity contribution is 9.10. The van der Waals surface area contributed by atoms with Crippen molar-refractivity contribution in [3.63, 3.8) is 0 Å².